The summed E-state index contributed by atoms with van der Waals surface area (Å²) < 4.78 is 8.38. The Morgan fingerprint density at radius 1 is 1.31 bits per heavy atom. The topological polar surface area (TPSA) is 115 Å². The number of hydrogen-bond acceptors (Lipinski definition) is 6. The Hall–Kier alpha value is -3.85. The van der Waals surface area contributed by atoms with Gasteiger partial charge in [-0.1, -0.05) is 17.1 Å². The molecule has 164 valence electrons. The molecule has 0 unspecified atom stereocenters. The third-order valence-corrected chi connectivity index (χ3v) is 5.33. The van der Waals surface area contributed by atoms with Crippen LogP contribution in [-0.4, -0.2) is 34.0 Å². The Morgan fingerprint density at radius 3 is 2.91 bits per heavy atom. The number of nitrogens with one attached hydrogen (secondary N) is 1. The van der Waals surface area contributed by atoms with E-state index < -0.39 is 0 Å². The Balaban J connectivity index is 1.85. The fraction of sp³-hybridized carbons (Fsp3) is 0.261. The molecule has 9 heteroatoms. The number of ether oxygens (including phenoxy) is 1. The smallest absolute Gasteiger partial charge is 0.278 e. The van der Waals surface area contributed by atoms with E-state index in [9.17, 15) is 9.59 Å². The van der Waals surface area contributed by atoms with Gasteiger partial charge in [0.05, 0.1) is 6.54 Å². The molecule has 4 rings (SSSR count). The van der Waals surface area contributed by atoms with Crippen molar-refractivity contribution in [1.82, 2.24) is 19.7 Å². The Labute approximate surface area is 184 Å². The van der Waals surface area contributed by atoms with E-state index in [-0.39, 0.29) is 22.8 Å². The second-order valence-electron chi connectivity index (χ2n) is 7.52. The average molecular weight is 433 g/mol. The number of nitrogens with zero attached hydrogens (tertiary/aromatic N) is 4. The molecule has 3 N–H and O–H groups in total. The van der Waals surface area contributed by atoms with Gasteiger partial charge in [0.15, 0.2) is 0 Å². The molecule has 0 radical (unpaired) electrons. The lowest BCUT2D eigenvalue weighted by molar-refractivity contribution is -0.659. The second-order valence-corrected chi connectivity index (χ2v) is 7.52. The maximum atomic E-state index is 13.3. The quantitative estimate of drug-likeness (QED) is 0.259. The molecule has 4 aromatic rings. The lowest BCUT2D eigenvalue weighted by atomic mass is 10.1. The van der Waals surface area contributed by atoms with Crippen LogP contribution in [0, 0.1) is 6.92 Å². The summed E-state index contributed by atoms with van der Waals surface area (Å²) in [4.78, 5) is 35.1. The Kier molecular flexibility index (Phi) is 6.09. The lowest BCUT2D eigenvalue weighted by Crippen LogP contribution is -2.43. The maximum Gasteiger partial charge on any atom is 0.278 e. The molecule has 0 saturated carbocycles. The largest absolute Gasteiger partial charge is 0.385 e. The Morgan fingerprint density at radius 2 is 2.16 bits per heavy atom. The molecule has 9 nitrogen and oxygen atoms in total. The zero-order chi connectivity index (χ0) is 22.7. The van der Waals surface area contributed by atoms with E-state index in [0.29, 0.717) is 42.8 Å². The summed E-state index contributed by atoms with van der Waals surface area (Å²) >= 11 is 0. The van der Waals surface area contributed by atoms with Gasteiger partial charge < -0.3 is 15.8 Å². The number of amides is 1. The highest BCUT2D eigenvalue weighted by Gasteiger charge is 2.24. The van der Waals surface area contributed by atoms with Crippen LogP contribution in [0.4, 0.5) is 5.82 Å². The summed E-state index contributed by atoms with van der Waals surface area (Å²) in [7, 11) is 1.62. The first-order chi connectivity index (χ1) is 15.5. The Bertz CT molecular complexity index is 1350. The predicted molar refractivity (Wildman–Crippen MR) is 120 cm³/mol. The molecule has 4 heterocycles. The van der Waals surface area contributed by atoms with Gasteiger partial charge in [0, 0.05) is 50.8 Å². The molecule has 0 atom stereocenters. The van der Waals surface area contributed by atoms with Crippen molar-refractivity contribution in [2.24, 2.45) is 0 Å². The highest BCUT2D eigenvalue weighted by atomic mass is 16.5. The summed E-state index contributed by atoms with van der Waals surface area (Å²) in [6.45, 7) is 3.15. The minimum atomic E-state index is -0.373. The number of rotatable bonds is 7. The highest BCUT2D eigenvalue weighted by molar-refractivity contribution is 6.00. The molecule has 32 heavy (non-hydrogen) atoms. The number of fused-ring (bicyclic) bond motifs is 2. The number of nitrogens with two attached hydrogens (primary N) is 1. The number of nitrogen functional groups attached to an aromatic ring is 1. The van der Waals surface area contributed by atoms with Gasteiger partial charge in [-0.3, -0.25) is 19.0 Å². The number of pyridine rings is 3. The fourth-order valence-electron chi connectivity index (χ4n) is 3.67. The summed E-state index contributed by atoms with van der Waals surface area (Å²) in [5, 5.41) is 3.18. The van der Waals surface area contributed by atoms with Crippen LogP contribution in [0.2, 0.25) is 0 Å². The number of aromatic nitrogens is 4. The summed E-state index contributed by atoms with van der Waals surface area (Å²) in [6.07, 6.45) is 5.67. The molecule has 0 aliphatic carbocycles. The van der Waals surface area contributed by atoms with E-state index in [1.807, 2.05) is 19.1 Å². The second kappa shape index (κ2) is 9.11. The van der Waals surface area contributed by atoms with E-state index in [4.69, 9.17) is 15.5 Å². The molecule has 0 spiro atoms. The summed E-state index contributed by atoms with van der Waals surface area (Å²) in [5.41, 5.74) is 9.13. The van der Waals surface area contributed by atoms with Crippen LogP contribution in [0.3, 0.4) is 0 Å². The van der Waals surface area contributed by atoms with Gasteiger partial charge in [0.25, 0.3) is 17.1 Å². The van der Waals surface area contributed by atoms with Gasteiger partial charge in [-0.25, -0.2) is 4.57 Å². The molecular formula is C23H25N6O3+. The van der Waals surface area contributed by atoms with Crippen molar-refractivity contribution < 1.29 is 14.1 Å². The molecule has 0 bridgehead atoms. The SMILES string of the molecule is COCCC[n+]1c(N)c(C(=O)NCc2cccnc2)cc2c(=O)n3cccc(C)c3nc21. The minimum Gasteiger partial charge on any atom is -0.385 e. The lowest BCUT2D eigenvalue weighted by Gasteiger charge is -2.13. The first-order valence-electron chi connectivity index (χ1n) is 10.3. The standard InChI is InChI=1S/C23H24N6O3/c1-15-6-4-9-29-20(15)27-21-18(23(29)31)12-17(19(24)28(21)10-5-11-32-2)22(30)26-14-16-7-3-8-25-13-16/h3-4,6-9,12-13,24H,5,10-11,14H2,1-2H3,(H,26,30)/p+1. The predicted octanol–water partition coefficient (Wildman–Crippen LogP) is 1.39. The monoisotopic (exact) mass is 433 g/mol. The van der Waals surface area contributed by atoms with Crippen molar-refractivity contribution in [2.75, 3.05) is 19.5 Å². The normalized spacial score (nSPS) is 11.2. The van der Waals surface area contributed by atoms with Crippen molar-refractivity contribution in [3.8, 4) is 0 Å². The summed E-state index contributed by atoms with van der Waals surface area (Å²) in [6, 6.07) is 8.89. The number of carbonyl (C=O) groups excluding carboxylic acids is 1. The van der Waals surface area contributed by atoms with E-state index in [0.717, 1.165) is 11.1 Å². The van der Waals surface area contributed by atoms with Crippen LogP contribution in [0.1, 0.15) is 27.9 Å². The van der Waals surface area contributed by atoms with Crippen LogP contribution < -0.4 is 21.2 Å². The number of carbonyl (C=O) groups is 1. The molecule has 0 fully saturated rings. The molecule has 0 aliphatic rings. The fourth-order valence-corrected chi connectivity index (χ4v) is 3.67. The van der Waals surface area contributed by atoms with Crippen LogP contribution in [-0.2, 0) is 17.8 Å². The van der Waals surface area contributed by atoms with Gasteiger partial charge in [-0.2, -0.15) is 0 Å². The van der Waals surface area contributed by atoms with Gasteiger partial charge >= 0.3 is 0 Å². The van der Waals surface area contributed by atoms with E-state index in [1.54, 1.807) is 42.4 Å². The van der Waals surface area contributed by atoms with Crippen LogP contribution in [0.5, 0.6) is 0 Å². The van der Waals surface area contributed by atoms with Crippen molar-refractivity contribution in [3.63, 3.8) is 0 Å². The zero-order valence-electron chi connectivity index (χ0n) is 18.0. The number of hydrogen-bond donors (Lipinski definition) is 2. The third-order valence-electron chi connectivity index (χ3n) is 5.33. The molecule has 1 amide bonds. The van der Waals surface area contributed by atoms with Crippen molar-refractivity contribution in [2.45, 2.75) is 26.4 Å². The van der Waals surface area contributed by atoms with E-state index >= 15 is 0 Å². The molecular weight excluding hydrogens is 408 g/mol. The van der Waals surface area contributed by atoms with Gasteiger partial charge in [-0.15, -0.1) is 0 Å². The number of anilines is 1. The van der Waals surface area contributed by atoms with Gasteiger partial charge in [0.2, 0.25) is 11.5 Å². The van der Waals surface area contributed by atoms with Crippen molar-refractivity contribution in [3.05, 3.63) is 76.0 Å². The number of methoxy groups -OCH3 is 1. The molecule has 0 aliphatic heterocycles. The van der Waals surface area contributed by atoms with Gasteiger partial charge in [0.1, 0.15) is 10.9 Å². The first kappa shape index (κ1) is 21.4. The summed E-state index contributed by atoms with van der Waals surface area (Å²) in [5.74, 6) is -0.121. The van der Waals surface area contributed by atoms with Crippen LogP contribution in [0.15, 0.2) is 53.7 Å². The van der Waals surface area contributed by atoms with Crippen molar-refractivity contribution >= 4 is 28.4 Å². The average Bonchev–Trinajstić information content (AvgIpc) is 2.80. The third kappa shape index (κ3) is 4.02. The van der Waals surface area contributed by atoms with Gasteiger partial charge in [-0.05, 0) is 30.7 Å². The molecule has 4 aromatic heterocycles. The molecule has 0 aromatic carbocycles. The maximum absolute atomic E-state index is 13.3. The van der Waals surface area contributed by atoms with Crippen LogP contribution >= 0.6 is 0 Å². The van der Waals surface area contributed by atoms with Crippen molar-refractivity contribution in [1.29, 1.82) is 0 Å². The number of aryl methyl sites for hydroxylation is 2. The molecule has 0 saturated heterocycles. The zero-order valence-corrected chi connectivity index (χ0v) is 18.0. The van der Waals surface area contributed by atoms with E-state index in [2.05, 4.69) is 10.3 Å². The van der Waals surface area contributed by atoms with E-state index in [1.165, 1.54) is 10.5 Å². The van der Waals surface area contributed by atoms with Crippen LogP contribution in [0.25, 0.3) is 16.7 Å². The first-order valence-corrected chi connectivity index (χ1v) is 10.3. The minimum absolute atomic E-state index is 0.227. The highest BCUT2D eigenvalue weighted by Crippen LogP contribution is 2.16.